The first-order valence-electron chi connectivity index (χ1n) is 5.31. The maximum absolute atomic E-state index is 10.9. The van der Waals surface area contributed by atoms with Gasteiger partial charge < -0.3 is 10.2 Å². The van der Waals surface area contributed by atoms with Crippen molar-refractivity contribution in [2.45, 2.75) is 38.2 Å². The Morgan fingerprint density at radius 3 is 2.38 bits per heavy atom. The number of nitrogens with zero attached hydrogens (tertiary/aromatic N) is 2. The molecule has 0 aliphatic heterocycles. The molecule has 1 aliphatic rings. The van der Waals surface area contributed by atoms with Crippen molar-refractivity contribution < 1.29 is 15.0 Å². The quantitative estimate of drug-likeness (QED) is 0.784. The Morgan fingerprint density at radius 1 is 1.50 bits per heavy atom. The molecule has 0 amide bonds. The first-order valence-corrected chi connectivity index (χ1v) is 5.31. The van der Waals surface area contributed by atoms with Gasteiger partial charge in [0.05, 0.1) is 5.69 Å². The van der Waals surface area contributed by atoms with Gasteiger partial charge in [0.25, 0.3) is 0 Å². The third kappa shape index (κ3) is 1.35. The molecule has 0 bridgehead atoms. The number of rotatable bonds is 3. The summed E-state index contributed by atoms with van der Waals surface area (Å²) < 4.78 is 1.74. The molecule has 0 aromatic carbocycles. The van der Waals surface area contributed by atoms with Crippen LogP contribution in [0.2, 0.25) is 0 Å². The summed E-state index contributed by atoms with van der Waals surface area (Å²) >= 11 is 0. The maximum atomic E-state index is 10.9. The van der Waals surface area contributed by atoms with Crippen molar-refractivity contribution >= 4 is 5.97 Å². The van der Waals surface area contributed by atoms with Crippen molar-refractivity contribution in [3.8, 4) is 0 Å². The minimum Gasteiger partial charge on any atom is -0.479 e. The van der Waals surface area contributed by atoms with Crippen molar-refractivity contribution in [1.82, 2.24) is 9.78 Å². The second-order valence-electron chi connectivity index (χ2n) is 4.57. The maximum Gasteiger partial charge on any atom is 0.333 e. The number of aryl methyl sites for hydroxylation is 2. The third-order valence-corrected chi connectivity index (χ3v) is 3.55. The standard InChI is InChI=1S/C11H16N2O3/c1-6-8(7(2)13(3)12-6)11(4-5-11)9(14)10(15)16/h9,14H,4-5H2,1-3H3,(H,15,16). The van der Waals surface area contributed by atoms with E-state index < -0.39 is 17.5 Å². The first kappa shape index (κ1) is 11.1. The summed E-state index contributed by atoms with van der Waals surface area (Å²) in [6.45, 7) is 3.76. The molecule has 88 valence electrons. The molecule has 1 aliphatic carbocycles. The van der Waals surface area contributed by atoms with Gasteiger partial charge in [0, 0.05) is 23.7 Å². The van der Waals surface area contributed by atoms with Crippen molar-refractivity contribution in [2.75, 3.05) is 0 Å². The number of aliphatic hydroxyl groups excluding tert-OH is 1. The van der Waals surface area contributed by atoms with Gasteiger partial charge in [-0.05, 0) is 26.7 Å². The number of carbonyl (C=O) groups is 1. The number of hydrogen-bond acceptors (Lipinski definition) is 3. The molecule has 16 heavy (non-hydrogen) atoms. The highest BCUT2D eigenvalue weighted by Gasteiger charge is 2.55. The predicted octanol–water partition coefficient (Wildman–Crippen LogP) is 0.514. The number of carboxylic acid groups (broad SMARTS) is 1. The summed E-state index contributed by atoms with van der Waals surface area (Å²) in [4.78, 5) is 10.9. The molecule has 0 spiro atoms. The predicted molar refractivity (Wildman–Crippen MR) is 57.2 cm³/mol. The molecular formula is C11H16N2O3. The molecule has 5 nitrogen and oxygen atoms in total. The van der Waals surface area contributed by atoms with Gasteiger partial charge in [0.15, 0.2) is 6.10 Å². The number of carboxylic acids is 1. The van der Waals surface area contributed by atoms with E-state index in [0.717, 1.165) is 17.0 Å². The van der Waals surface area contributed by atoms with E-state index in [1.165, 1.54) is 0 Å². The summed E-state index contributed by atoms with van der Waals surface area (Å²) in [5, 5.41) is 23.0. The van der Waals surface area contributed by atoms with Crippen LogP contribution in [0, 0.1) is 13.8 Å². The van der Waals surface area contributed by atoms with Gasteiger partial charge in [0.2, 0.25) is 0 Å². The van der Waals surface area contributed by atoms with E-state index in [0.29, 0.717) is 12.8 Å². The number of aliphatic hydroxyl groups is 1. The molecule has 2 rings (SSSR count). The third-order valence-electron chi connectivity index (χ3n) is 3.55. The monoisotopic (exact) mass is 224 g/mol. The van der Waals surface area contributed by atoms with E-state index in [1.54, 1.807) is 4.68 Å². The highest BCUT2D eigenvalue weighted by atomic mass is 16.4. The Morgan fingerprint density at radius 2 is 2.06 bits per heavy atom. The van der Waals surface area contributed by atoms with E-state index in [4.69, 9.17) is 5.11 Å². The molecule has 1 aromatic heterocycles. The van der Waals surface area contributed by atoms with Crippen LogP contribution in [0.1, 0.15) is 29.8 Å². The Kier molecular flexibility index (Phi) is 2.31. The zero-order valence-corrected chi connectivity index (χ0v) is 9.69. The highest BCUT2D eigenvalue weighted by molar-refractivity contribution is 5.76. The van der Waals surface area contributed by atoms with Gasteiger partial charge >= 0.3 is 5.97 Å². The second kappa shape index (κ2) is 3.31. The lowest BCUT2D eigenvalue weighted by Gasteiger charge is -2.19. The average Bonchev–Trinajstić information content (AvgIpc) is 2.93. The van der Waals surface area contributed by atoms with E-state index in [2.05, 4.69) is 5.10 Å². The van der Waals surface area contributed by atoms with Crippen LogP contribution in [0.15, 0.2) is 0 Å². The Hall–Kier alpha value is -1.36. The van der Waals surface area contributed by atoms with Crippen molar-refractivity contribution in [1.29, 1.82) is 0 Å². The average molecular weight is 224 g/mol. The minimum atomic E-state index is -1.32. The van der Waals surface area contributed by atoms with Crippen molar-refractivity contribution in [3.05, 3.63) is 17.0 Å². The van der Waals surface area contributed by atoms with E-state index >= 15 is 0 Å². The molecule has 5 heteroatoms. The molecular weight excluding hydrogens is 208 g/mol. The summed E-state index contributed by atoms with van der Waals surface area (Å²) in [5.41, 5.74) is 2.06. The second-order valence-corrected chi connectivity index (χ2v) is 4.57. The lowest BCUT2D eigenvalue weighted by atomic mass is 9.88. The van der Waals surface area contributed by atoms with Gasteiger partial charge in [-0.1, -0.05) is 0 Å². The largest absolute Gasteiger partial charge is 0.479 e. The van der Waals surface area contributed by atoms with Gasteiger partial charge in [-0.3, -0.25) is 4.68 Å². The van der Waals surface area contributed by atoms with Crippen LogP contribution < -0.4 is 0 Å². The Labute approximate surface area is 93.7 Å². The van der Waals surface area contributed by atoms with E-state index in [-0.39, 0.29) is 0 Å². The van der Waals surface area contributed by atoms with Crippen LogP contribution in [0.25, 0.3) is 0 Å². The van der Waals surface area contributed by atoms with Gasteiger partial charge in [-0.25, -0.2) is 4.79 Å². The van der Waals surface area contributed by atoms with Crippen LogP contribution in [-0.2, 0) is 17.3 Å². The van der Waals surface area contributed by atoms with E-state index in [9.17, 15) is 9.90 Å². The molecule has 1 aromatic rings. The minimum absolute atomic E-state index is 0.603. The van der Waals surface area contributed by atoms with Crippen LogP contribution in [-0.4, -0.2) is 32.1 Å². The van der Waals surface area contributed by atoms with Crippen LogP contribution in [0.3, 0.4) is 0 Å². The smallest absolute Gasteiger partial charge is 0.333 e. The molecule has 1 unspecified atom stereocenters. The first-order chi connectivity index (χ1) is 7.40. The Balaban J connectivity index is 2.48. The molecule has 1 fully saturated rings. The Bertz CT molecular complexity index is 446. The highest BCUT2D eigenvalue weighted by Crippen LogP contribution is 2.53. The van der Waals surface area contributed by atoms with Gasteiger partial charge in [-0.15, -0.1) is 0 Å². The van der Waals surface area contributed by atoms with Gasteiger partial charge in [-0.2, -0.15) is 5.10 Å². The van der Waals surface area contributed by atoms with Crippen LogP contribution >= 0.6 is 0 Å². The van der Waals surface area contributed by atoms with Gasteiger partial charge in [0.1, 0.15) is 0 Å². The fourth-order valence-electron chi connectivity index (χ4n) is 2.53. The lowest BCUT2D eigenvalue weighted by Crippen LogP contribution is -2.34. The molecule has 2 N–H and O–H groups in total. The van der Waals surface area contributed by atoms with Crippen LogP contribution in [0.5, 0.6) is 0 Å². The molecule has 1 saturated carbocycles. The summed E-state index contributed by atoms with van der Waals surface area (Å²) in [6.07, 6.45) is 0.107. The summed E-state index contributed by atoms with van der Waals surface area (Å²) in [6, 6.07) is 0. The fraction of sp³-hybridized carbons (Fsp3) is 0.636. The van der Waals surface area contributed by atoms with Crippen molar-refractivity contribution in [3.63, 3.8) is 0 Å². The topological polar surface area (TPSA) is 75.3 Å². The van der Waals surface area contributed by atoms with Crippen molar-refractivity contribution in [2.24, 2.45) is 7.05 Å². The molecule has 1 atom stereocenters. The van der Waals surface area contributed by atoms with E-state index in [1.807, 2.05) is 20.9 Å². The normalized spacial score (nSPS) is 19.5. The van der Waals surface area contributed by atoms with Crippen LogP contribution in [0.4, 0.5) is 0 Å². The summed E-state index contributed by atoms with van der Waals surface area (Å²) in [5.74, 6) is -1.15. The lowest BCUT2D eigenvalue weighted by molar-refractivity contribution is -0.148. The zero-order chi connectivity index (χ0) is 12.1. The zero-order valence-electron chi connectivity index (χ0n) is 9.69. The molecule has 0 radical (unpaired) electrons. The number of aliphatic carboxylic acids is 1. The summed E-state index contributed by atoms with van der Waals surface area (Å²) in [7, 11) is 1.83. The number of hydrogen-bond donors (Lipinski definition) is 2. The molecule has 1 heterocycles. The molecule has 0 saturated heterocycles. The SMILES string of the molecule is Cc1nn(C)c(C)c1C1(C(O)C(=O)O)CC1. The fourth-order valence-corrected chi connectivity index (χ4v) is 2.53. The number of aromatic nitrogens is 2.